The lowest BCUT2D eigenvalue weighted by molar-refractivity contribution is -0.132. The molecule has 0 radical (unpaired) electrons. The minimum Gasteiger partial charge on any atom is -0.394 e. The van der Waals surface area contributed by atoms with E-state index in [1.54, 1.807) is 0 Å². The van der Waals surface area contributed by atoms with Crippen LogP contribution in [0.1, 0.15) is 59.3 Å². The molecule has 5 atom stereocenters. The molecule has 1 N–H and O–H groups in total. The number of aliphatic hydroxyl groups is 1. The van der Waals surface area contributed by atoms with Crippen molar-refractivity contribution >= 4 is 6.41 Å². The summed E-state index contributed by atoms with van der Waals surface area (Å²) < 4.78 is 0. The van der Waals surface area contributed by atoms with Gasteiger partial charge in [0.2, 0.25) is 6.41 Å². The minimum atomic E-state index is -0.354. The molecule has 1 amide bonds. The highest BCUT2D eigenvalue weighted by atomic mass is 16.3. The van der Waals surface area contributed by atoms with Gasteiger partial charge in [-0.25, -0.2) is 0 Å². The van der Waals surface area contributed by atoms with Crippen LogP contribution in [0.3, 0.4) is 0 Å². The average Bonchev–Trinajstić information content (AvgIpc) is 2.57. The molecule has 0 bridgehead atoms. The van der Waals surface area contributed by atoms with Crippen LogP contribution in [0.4, 0.5) is 0 Å². The first-order valence-corrected chi connectivity index (χ1v) is 7.78. The van der Waals surface area contributed by atoms with Gasteiger partial charge in [0.15, 0.2) is 0 Å². The number of carbonyl (C=O) groups excluding carboxylic acids is 1. The van der Waals surface area contributed by atoms with E-state index in [1.165, 1.54) is 25.7 Å². The summed E-state index contributed by atoms with van der Waals surface area (Å²) in [5.41, 5.74) is -0.0331. The van der Waals surface area contributed by atoms with E-state index in [0.717, 1.165) is 19.3 Å². The van der Waals surface area contributed by atoms with E-state index in [1.807, 2.05) is 4.90 Å². The summed E-state index contributed by atoms with van der Waals surface area (Å²) in [6.07, 6.45) is 8.31. The summed E-state index contributed by atoms with van der Waals surface area (Å²) in [5.74, 6) is 1.02. The smallest absolute Gasteiger partial charge is 0.210 e. The second-order valence-electron chi connectivity index (χ2n) is 7.83. The first-order chi connectivity index (χ1) is 8.92. The topological polar surface area (TPSA) is 40.5 Å². The molecule has 3 rings (SSSR count). The highest BCUT2D eigenvalue weighted by Crippen LogP contribution is 2.65. The molecule has 3 aliphatic rings. The molecule has 19 heavy (non-hydrogen) atoms. The monoisotopic (exact) mass is 265 g/mol. The van der Waals surface area contributed by atoms with E-state index < -0.39 is 0 Å². The maximum absolute atomic E-state index is 11.7. The first kappa shape index (κ1) is 13.4. The fourth-order valence-corrected chi connectivity index (χ4v) is 6.14. The van der Waals surface area contributed by atoms with Crippen molar-refractivity contribution in [3.8, 4) is 0 Å². The van der Waals surface area contributed by atoms with Gasteiger partial charge in [0.25, 0.3) is 0 Å². The molecular weight excluding hydrogens is 238 g/mol. The Hall–Kier alpha value is -0.570. The third kappa shape index (κ3) is 1.45. The fraction of sp³-hybridized carbons (Fsp3) is 0.938. The zero-order valence-corrected chi connectivity index (χ0v) is 12.5. The number of hydrogen-bond acceptors (Lipinski definition) is 2. The molecule has 3 fully saturated rings. The van der Waals surface area contributed by atoms with Gasteiger partial charge in [-0.3, -0.25) is 4.79 Å². The van der Waals surface area contributed by atoms with Crippen molar-refractivity contribution in [3.63, 3.8) is 0 Å². The summed E-state index contributed by atoms with van der Waals surface area (Å²) in [5, 5.41) is 9.98. The van der Waals surface area contributed by atoms with Gasteiger partial charge >= 0.3 is 0 Å². The molecular formula is C16H27NO2. The number of rotatable bonds is 2. The van der Waals surface area contributed by atoms with Crippen LogP contribution in [0.2, 0.25) is 0 Å². The average molecular weight is 265 g/mol. The molecule has 0 aromatic heterocycles. The number of aliphatic hydroxyl groups excluding tert-OH is 1. The number of carbonyl (C=O) groups is 1. The Kier molecular flexibility index (Phi) is 2.80. The molecule has 1 heterocycles. The van der Waals surface area contributed by atoms with Gasteiger partial charge in [-0.2, -0.15) is 0 Å². The Morgan fingerprint density at radius 1 is 1.21 bits per heavy atom. The van der Waals surface area contributed by atoms with Crippen LogP contribution < -0.4 is 0 Å². The van der Waals surface area contributed by atoms with Gasteiger partial charge < -0.3 is 10.0 Å². The quantitative estimate of drug-likeness (QED) is 0.780. The Morgan fingerprint density at radius 3 is 2.53 bits per heavy atom. The van der Waals surface area contributed by atoms with E-state index >= 15 is 0 Å². The number of likely N-dealkylation sites (tertiary alicyclic amines) is 1. The lowest BCUT2D eigenvalue weighted by Crippen LogP contribution is -2.56. The molecule has 3 heteroatoms. The van der Waals surface area contributed by atoms with Gasteiger partial charge in [0.1, 0.15) is 0 Å². The summed E-state index contributed by atoms with van der Waals surface area (Å²) in [7, 11) is 0. The van der Waals surface area contributed by atoms with E-state index in [2.05, 4.69) is 20.8 Å². The Labute approximate surface area is 116 Å². The zero-order valence-electron chi connectivity index (χ0n) is 12.5. The molecule has 0 unspecified atom stereocenters. The lowest BCUT2D eigenvalue weighted by Gasteiger charge is -2.54. The molecule has 0 aromatic carbocycles. The summed E-state index contributed by atoms with van der Waals surface area (Å²) in [6.45, 7) is 6.88. The number of nitrogens with zero attached hydrogens (tertiary/aromatic N) is 1. The predicted octanol–water partition coefficient (Wildman–Crippen LogP) is 2.57. The summed E-state index contributed by atoms with van der Waals surface area (Å²) >= 11 is 0. The standard InChI is InChI=1S/C16H27NO2/c1-14-7-4-6-12-13(14)15(2,9-5-8-14)17(11-19)16(12,3)10-18/h11-13,18H,4-10H2,1-3H3/t12-,13+,14-,15+,16+/m0/s1. The van der Waals surface area contributed by atoms with Crippen molar-refractivity contribution in [3.05, 3.63) is 0 Å². The van der Waals surface area contributed by atoms with Crippen molar-refractivity contribution in [1.82, 2.24) is 4.90 Å². The van der Waals surface area contributed by atoms with Crippen LogP contribution in [-0.4, -0.2) is 34.1 Å². The molecule has 2 aliphatic carbocycles. The Bertz CT molecular complexity index is 394. The number of hydrogen-bond donors (Lipinski definition) is 1. The van der Waals surface area contributed by atoms with E-state index in [-0.39, 0.29) is 17.7 Å². The van der Waals surface area contributed by atoms with E-state index in [0.29, 0.717) is 17.3 Å². The molecule has 108 valence electrons. The lowest BCUT2D eigenvalue weighted by atomic mass is 9.51. The van der Waals surface area contributed by atoms with Crippen molar-refractivity contribution in [2.24, 2.45) is 17.3 Å². The van der Waals surface area contributed by atoms with Gasteiger partial charge in [-0.1, -0.05) is 19.8 Å². The normalized spacial score (nSPS) is 52.9. The SMILES string of the molecule is C[C@@]12CCC[C@H]3[C@H]1[C@@](C)(CCC2)N(C=O)[C@]3(C)CO. The van der Waals surface area contributed by atoms with Crippen LogP contribution >= 0.6 is 0 Å². The minimum absolute atomic E-state index is 0.0443. The van der Waals surface area contributed by atoms with Crippen molar-refractivity contribution in [1.29, 1.82) is 0 Å². The molecule has 3 nitrogen and oxygen atoms in total. The van der Waals surface area contributed by atoms with E-state index in [9.17, 15) is 9.90 Å². The van der Waals surface area contributed by atoms with Crippen molar-refractivity contribution in [2.75, 3.05) is 6.61 Å². The molecule has 1 aliphatic heterocycles. The van der Waals surface area contributed by atoms with Gasteiger partial charge in [-0.15, -0.1) is 0 Å². The van der Waals surface area contributed by atoms with Gasteiger partial charge in [-0.05, 0) is 56.8 Å². The Balaban J connectivity index is 2.14. The van der Waals surface area contributed by atoms with Crippen LogP contribution in [0.15, 0.2) is 0 Å². The van der Waals surface area contributed by atoms with Crippen molar-refractivity contribution in [2.45, 2.75) is 70.4 Å². The van der Waals surface area contributed by atoms with Gasteiger partial charge in [0, 0.05) is 5.54 Å². The highest BCUT2D eigenvalue weighted by Gasteiger charge is 2.67. The second-order valence-corrected chi connectivity index (χ2v) is 7.83. The van der Waals surface area contributed by atoms with Crippen LogP contribution in [0.5, 0.6) is 0 Å². The second kappa shape index (κ2) is 3.97. The number of amides is 1. The van der Waals surface area contributed by atoms with Crippen LogP contribution in [-0.2, 0) is 4.79 Å². The Morgan fingerprint density at radius 2 is 1.89 bits per heavy atom. The molecule has 0 spiro atoms. The van der Waals surface area contributed by atoms with Crippen LogP contribution in [0.25, 0.3) is 0 Å². The predicted molar refractivity (Wildman–Crippen MR) is 74.6 cm³/mol. The highest BCUT2D eigenvalue weighted by molar-refractivity contribution is 5.53. The first-order valence-electron chi connectivity index (χ1n) is 7.78. The molecule has 1 saturated heterocycles. The van der Waals surface area contributed by atoms with Crippen molar-refractivity contribution < 1.29 is 9.90 Å². The van der Waals surface area contributed by atoms with Crippen LogP contribution in [0, 0.1) is 17.3 Å². The van der Waals surface area contributed by atoms with Gasteiger partial charge in [0.05, 0.1) is 12.1 Å². The summed E-state index contributed by atoms with van der Waals surface area (Å²) in [4.78, 5) is 13.7. The fourth-order valence-electron chi connectivity index (χ4n) is 6.14. The molecule has 0 aromatic rings. The third-order valence-electron chi connectivity index (χ3n) is 6.84. The molecule has 2 saturated carbocycles. The summed E-state index contributed by atoms with van der Waals surface area (Å²) in [6, 6.07) is 0. The maximum Gasteiger partial charge on any atom is 0.210 e. The third-order valence-corrected chi connectivity index (χ3v) is 6.84. The maximum atomic E-state index is 11.7. The van der Waals surface area contributed by atoms with E-state index in [4.69, 9.17) is 0 Å². The zero-order chi connectivity index (χ0) is 13.9. The largest absolute Gasteiger partial charge is 0.394 e.